The highest BCUT2D eigenvalue weighted by molar-refractivity contribution is 5.94. The number of amides is 1. The summed E-state index contributed by atoms with van der Waals surface area (Å²) in [4.78, 5) is 13.2. The van der Waals surface area contributed by atoms with Gasteiger partial charge >= 0.3 is 0 Å². The van der Waals surface area contributed by atoms with Crippen molar-refractivity contribution in [2.45, 2.75) is 27.7 Å². The number of anilines is 1. The normalized spacial score (nSPS) is 10.7. The molecule has 0 unspecified atom stereocenters. The number of carbonyl (C=O) groups excluding carboxylic acids is 1. The predicted octanol–water partition coefficient (Wildman–Crippen LogP) is 3.19. The van der Waals surface area contributed by atoms with E-state index in [0.29, 0.717) is 0 Å². The summed E-state index contributed by atoms with van der Waals surface area (Å²) in [5.41, 5.74) is 3.22. The Labute approximate surface area is 91.2 Å². The molecule has 0 bridgehead atoms. The van der Waals surface area contributed by atoms with E-state index >= 15 is 0 Å². The fraction of sp³-hybridized carbons (Fsp3) is 0.308. The maximum absolute atomic E-state index is 11.5. The highest BCUT2D eigenvalue weighted by Gasteiger charge is 2.12. The summed E-state index contributed by atoms with van der Waals surface area (Å²) in [7, 11) is 0. The van der Waals surface area contributed by atoms with Gasteiger partial charge in [-0.3, -0.25) is 9.69 Å². The van der Waals surface area contributed by atoms with Crippen molar-refractivity contribution in [3.63, 3.8) is 0 Å². The number of aryl methyl sites for hydroxylation is 2. The molecule has 1 aromatic rings. The smallest absolute Gasteiger partial charge is 0.227 e. The van der Waals surface area contributed by atoms with Crippen molar-refractivity contribution in [1.82, 2.24) is 0 Å². The van der Waals surface area contributed by atoms with Gasteiger partial charge in [-0.1, -0.05) is 24.3 Å². The van der Waals surface area contributed by atoms with Crippen LogP contribution in [0.2, 0.25) is 0 Å². The SMILES string of the molecule is C/C=C\N(C(C)=O)c1c(C)cccc1C. The molecule has 0 heterocycles. The Morgan fingerprint density at radius 2 is 1.80 bits per heavy atom. The molecule has 80 valence electrons. The minimum absolute atomic E-state index is 0.0329. The molecule has 0 fully saturated rings. The van der Waals surface area contributed by atoms with Gasteiger partial charge in [0.15, 0.2) is 0 Å². The van der Waals surface area contributed by atoms with E-state index in [9.17, 15) is 4.79 Å². The van der Waals surface area contributed by atoms with Crippen molar-refractivity contribution < 1.29 is 4.79 Å². The molecule has 0 atom stereocenters. The first-order chi connectivity index (χ1) is 7.07. The average molecular weight is 203 g/mol. The number of hydrogen-bond donors (Lipinski definition) is 0. The van der Waals surface area contributed by atoms with Crippen molar-refractivity contribution in [3.8, 4) is 0 Å². The molecular weight excluding hydrogens is 186 g/mol. The molecular formula is C13H17NO. The van der Waals surface area contributed by atoms with Crippen LogP contribution in [0.5, 0.6) is 0 Å². The van der Waals surface area contributed by atoms with E-state index in [-0.39, 0.29) is 5.91 Å². The maximum Gasteiger partial charge on any atom is 0.227 e. The molecule has 0 aliphatic heterocycles. The molecule has 15 heavy (non-hydrogen) atoms. The molecule has 2 nitrogen and oxygen atoms in total. The molecule has 0 N–H and O–H groups in total. The standard InChI is InChI=1S/C13H17NO/c1-5-9-14(12(4)15)13-10(2)7-6-8-11(13)3/h5-9H,1-4H3/b9-5-. The second kappa shape index (κ2) is 4.78. The van der Waals surface area contributed by atoms with Crippen LogP contribution in [0.25, 0.3) is 0 Å². The molecule has 0 aliphatic carbocycles. The Morgan fingerprint density at radius 1 is 1.27 bits per heavy atom. The first-order valence-corrected chi connectivity index (χ1v) is 5.06. The summed E-state index contributed by atoms with van der Waals surface area (Å²) >= 11 is 0. The van der Waals surface area contributed by atoms with Crippen LogP contribution in [-0.2, 0) is 4.79 Å². The van der Waals surface area contributed by atoms with Gasteiger partial charge in [0.25, 0.3) is 0 Å². The predicted molar refractivity (Wildman–Crippen MR) is 63.9 cm³/mol. The molecule has 1 amide bonds. The lowest BCUT2D eigenvalue weighted by Crippen LogP contribution is -2.23. The molecule has 0 radical (unpaired) electrons. The van der Waals surface area contributed by atoms with E-state index in [4.69, 9.17) is 0 Å². The Balaban J connectivity index is 3.28. The Hall–Kier alpha value is -1.57. The Kier molecular flexibility index (Phi) is 3.67. The number of allylic oxidation sites excluding steroid dienone is 1. The third-order valence-corrected chi connectivity index (χ3v) is 2.32. The zero-order valence-electron chi connectivity index (χ0n) is 9.74. The van der Waals surface area contributed by atoms with Crippen molar-refractivity contribution in [2.75, 3.05) is 4.90 Å². The summed E-state index contributed by atoms with van der Waals surface area (Å²) in [5, 5.41) is 0. The monoisotopic (exact) mass is 203 g/mol. The maximum atomic E-state index is 11.5. The fourth-order valence-electron chi connectivity index (χ4n) is 1.67. The zero-order valence-corrected chi connectivity index (χ0v) is 9.74. The highest BCUT2D eigenvalue weighted by Crippen LogP contribution is 2.24. The lowest BCUT2D eigenvalue weighted by atomic mass is 10.1. The summed E-state index contributed by atoms with van der Waals surface area (Å²) in [6.45, 7) is 7.51. The zero-order chi connectivity index (χ0) is 11.4. The van der Waals surface area contributed by atoms with Crippen LogP contribution >= 0.6 is 0 Å². The topological polar surface area (TPSA) is 20.3 Å². The van der Waals surface area contributed by atoms with Crippen molar-refractivity contribution >= 4 is 11.6 Å². The van der Waals surface area contributed by atoms with Gasteiger partial charge in [-0.2, -0.15) is 0 Å². The van der Waals surface area contributed by atoms with Gasteiger partial charge in [-0.15, -0.1) is 0 Å². The van der Waals surface area contributed by atoms with E-state index in [2.05, 4.69) is 0 Å². The van der Waals surface area contributed by atoms with E-state index in [0.717, 1.165) is 16.8 Å². The minimum atomic E-state index is 0.0329. The van der Waals surface area contributed by atoms with Gasteiger partial charge in [0, 0.05) is 13.1 Å². The van der Waals surface area contributed by atoms with E-state index < -0.39 is 0 Å². The molecule has 1 aromatic carbocycles. The lowest BCUT2D eigenvalue weighted by molar-refractivity contribution is -0.116. The lowest BCUT2D eigenvalue weighted by Gasteiger charge is -2.21. The number of hydrogen-bond acceptors (Lipinski definition) is 1. The minimum Gasteiger partial charge on any atom is -0.288 e. The van der Waals surface area contributed by atoms with Crippen LogP contribution in [0.15, 0.2) is 30.5 Å². The summed E-state index contributed by atoms with van der Waals surface area (Å²) in [6, 6.07) is 6.03. The molecule has 2 heteroatoms. The average Bonchev–Trinajstić information content (AvgIpc) is 2.15. The van der Waals surface area contributed by atoms with E-state index in [1.807, 2.05) is 45.0 Å². The largest absolute Gasteiger partial charge is 0.288 e. The fourth-order valence-corrected chi connectivity index (χ4v) is 1.67. The number of benzene rings is 1. The van der Waals surface area contributed by atoms with Crippen LogP contribution in [0.4, 0.5) is 5.69 Å². The molecule has 0 aliphatic rings. The van der Waals surface area contributed by atoms with Gasteiger partial charge in [0.1, 0.15) is 0 Å². The van der Waals surface area contributed by atoms with Gasteiger partial charge in [0.2, 0.25) is 5.91 Å². The van der Waals surface area contributed by atoms with Crippen molar-refractivity contribution in [3.05, 3.63) is 41.6 Å². The summed E-state index contributed by atoms with van der Waals surface area (Å²) in [5.74, 6) is 0.0329. The van der Waals surface area contributed by atoms with E-state index in [1.54, 1.807) is 18.0 Å². The first-order valence-electron chi connectivity index (χ1n) is 5.06. The number of carbonyl (C=O) groups is 1. The number of para-hydroxylation sites is 1. The molecule has 1 rings (SSSR count). The molecule has 0 aromatic heterocycles. The van der Waals surface area contributed by atoms with Crippen LogP contribution in [0.1, 0.15) is 25.0 Å². The summed E-state index contributed by atoms with van der Waals surface area (Å²) < 4.78 is 0. The van der Waals surface area contributed by atoms with Gasteiger partial charge in [-0.25, -0.2) is 0 Å². The Bertz CT molecular complexity index is 373. The van der Waals surface area contributed by atoms with Crippen LogP contribution in [0, 0.1) is 13.8 Å². The van der Waals surface area contributed by atoms with Crippen molar-refractivity contribution in [1.29, 1.82) is 0 Å². The molecule has 0 saturated heterocycles. The van der Waals surface area contributed by atoms with Crippen LogP contribution in [0.3, 0.4) is 0 Å². The quantitative estimate of drug-likeness (QED) is 0.722. The highest BCUT2D eigenvalue weighted by atomic mass is 16.2. The third kappa shape index (κ3) is 2.46. The number of rotatable bonds is 2. The molecule has 0 spiro atoms. The second-order valence-corrected chi connectivity index (χ2v) is 3.61. The summed E-state index contributed by atoms with van der Waals surface area (Å²) in [6.07, 6.45) is 3.67. The van der Waals surface area contributed by atoms with Gasteiger partial charge in [0.05, 0.1) is 5.69 Å². The second-order valence-electron chi connectivity index (χ2n) is 3.61. The van der Waals surface area contributed by atoms with Gasteiger partial charge in [-0.05, 0) is 31.9 Å². The van der Waals surface area contributed by atoms with Crippen molar-refractivity contribution in [2.24, 2.45) is 0 Å². The van der Waals surface area contributed by atoms with Gasteiger partial charge < -0.3 is 0 Å². The Morgan fingerprint density at radius 3 is 2.20 bits per heavy atom. The van der Waals surface area contributed by atoms with E-state index in [1.165, 1.54) is 0 Å². The van der Waals surface area contributed by atoms with Crippen LogP contribution in [-0.4, -0.2) is 5.91 Å². The number of nitrogens with zero attached hydrogens (tertiary/aromatic N) is 1. The molecule has 0 saturated carbocycles. The van der Waals surface area contributed by atoms with Crippen LogP contribution < -0.4 is 4.90 Å². The third-order valence-electron chi connectivity index (χ3n) is 2.32. The first kappa shape index (κ1) is 11.5.